The molecule has 0 aromatic heterocycles. The van der Waals surface area contributed by atoms with Gasteiger partial charge in [-0.1, -0.05) is 49.7 Å². The Morgan fingerprint density at radius 3 is 2.35 bits per heavy atom. The zero-order chi connectivity index (χ0) is 22.2. The van der Waals surface area contributed by atoms with Gasteiger partial charge in [0.05, 0.1) is 7.11 Å². The molecule has 2 N–H and O–H groups in total. The zero-order valence-corrected chi connectivity index (χ0v) is 18.7. The summed E-state index contributed by atoms with van der Waals surface area (Å²) in [6, 6.07) is 21.1. The molecule has 0 atom stereocenters. The first-order valence-corrected chi connectivity index (χ1v) is 10.5. The van der Waals surface area contributed by atoms with E-state index in [4.69, 9.17) is 21.1 Å². The molecular formula is C25H27ClN2O3. The van der Waals surface area contributed by atoms with E-state index in [1.54, 1.807) is 7.11 Å². The number of ether oxygens (including phenoxy) is 2. The highest BCUT2D eigenvalue weighted by molar-refractivity contribution is 6.31. The van der Waals surface area contributed by atoms with Gasteiger partial charge in [-0.05, 0) is 48.0 Å². The smallest absolute Gasteiger partial charge is 0.226 e. The van der Waals surface area contributed by atoms with Crippen LogP contribution >= 0.6 is 11.6 Å². The molecule has 0 spiro atoms. The molecular weight excluding hydrogens is 412 g/mol. The number of rotatable bonds is 9. The Balaban J connectivity index is 1.58. The van der Waals surface area contributed by atoms with Gasteiger partial charge in [0.1, 0.15) is 6.61 Å². The molecule has 0 aliphatic heterocycles. The van der Waals surface area contributed by atoms with Crippen molar-refractivity contribution in [3.05, 3.63) is 82.9 Å². The molecule has 3 aromatic carbocycles. The van der Waals surface area contributed by atoms with E-state index < -0.39 is 0 Å². The number of methoxy groups -OCH3 is 1. The van der Waals surface area contributed by atoms with E-state index in [1.165, 1.54) is 0 Å². The van der Waals surface area contributed by atoms with Crippen LogP contribution < -0.4 is 20.1 Å². The molecule has 0 fully saturated rings. The highest BCUT2D eigenvalue weighted by Crippen LogP contribution is 2.30. The largest absolute Gasteiger partial charge is 0.493 e. The van der Waals surface area contributed by atoms with Crippen molar-refractivity contribution >= 4 is 28.9 Å². The molecule has 0 bridgehead atoms. The van der Waals surface area contributed by atoms with Crippen LogP contribution in [0.2, 0.25) is 5.02 Å². The first-order chi connectivity index (χ1) is 15.0. The predicted octanol–water partition coefficient (Wildman–Crippen LogP) is 6.13. The molecule has 3 aromatic rings. The van der Waals surface area contributed by atoms with E-state index in [0.717, 1.165) is 22.5 Å². The van der Waals surface area contributed by atoms with E-state index in [2.05, 4.69) is 10.6 Å². The topological polar surface area (TPSA) is 59.6 Å². The van der Waals surface area contributed by atoms with Crippen LogP contribution in [0.4, 0.5) is 11.4 Å². The van der Waals surface area contributed by atoms with Crippen molar-refractivity contribution in [3.8, 4) is 11.5 Å². The van der Waals surface area contributed by atoms with Gasteiger partial charge in [0, 0.05) is 34.4 Å². The number of benzene rings is 3. The van der Waals surface area contributed by atoms with Crippen LogP contribution in [0.3, 0.4) is 0 Å². The van der Waals surface area contributed by atoms with Crippen LogP contribution in [-0.4, -0.2) is 13.0 Å². The Bertz CT molecular complexity index is 1020. The van der Waals surface area contributed by atoms with Crippen LogP contribution in [-0.2, 0) is 17.9 Å². The summed E-state index contributed by atoms with van der Waals surface area (Å²) in [7, 11) is 1.62. The Kier molecular flexibility index (Phi) is 7.79. The van der Waals surface area contributed by atoms with E-state index in [-0.39, 0.29) is 11.8 Å². The predicted molar refractivity (Wildman–Crippen MR) is 126 cm³/mol. The fourth-order valence-corrected chi connectivity index (χ4v) is 3.06. The van der Waals surface area contributed by atoms with Crippen molar-refractivity contribution in [3.63, 3.8) is 0 Å². The summed E-state index contributed by atoms with van der Waals surface area (Å²) in [5.74, 6) is 1.28. The lowest BCUT2D eigenvalue weighted by Gasteiger charge is -2.14. The molecule has 0 aliphatic carbocycles. The molecule has 6 heteroatoms. The molecule has 1 amide bonds. The molecule has 0 radical (unpaired) electrons. The van der Waals surface area contributed by atoms with Crippen LogP contribution in [0.5, 0.6) is 11.5 Å². The van der Waals surface area contributed by atoms with Crippen molar-refractivity contribution in [2.45, 2.75) is 27.0 Å². The van der Waals surface area contributed by atoms with Crippen molar-refractivity contribution < 1.29 is 14.3 Å². The molecule has 31 heavy (non-hydrogen) atoms. The fourth-order valence-electron chi connectivity index (χ4n) is 2.87. The Morgan fingerprint density at radius 2 is 1.68 bits per heavy atom. The van der Waals surface area contributed by atoms with Crippen molar-refractivity contribution in [1.29, 1.82) is 0 Å². The number of hydrogen-bond donors (Lipinski definition) is 2. The van der Waals surface area contributed by atoms with Crippen molar-refractivity contribution in [1.82, 2.24) is 0 Å². The summed E-state index contributed by atoms with van der Waals surface area (Å²) in [5.41, 5.74) is 3.72. The van der Waals surface area contributed by atoms with Gasteiger partial charge in [-0.15, -0.1) is 0 Å². The second-order valence-corrected chi connectivity index (χ2v) is 7.85. The summed E-state index contributed by atoms with van der Waals surface area (Å²) < 4.78 is 11.4. The lowest BCUT2D eigenvalue weighted by molar-refractivity contribution is -0.118. The van der Waals surface area contributed by atoms with Gasteiger partial charge in [0.25, 0.3) is 0 Å². The lowest BCUT2D eigenvalue weighted by Crippen LogP contribution is -2.17. The fraction of sp³-hybridized carbons (Fsp3) is 0.240. The quantitative estimate of drug-likeness (QED) is 0.421. The molecule has 162 valence electrons. The van der Waals surface area contributed by atoms with Gasteiger partial charge in [0.2, 0.25) is 5.91 Å². The minimum Gasteiger partial charge on any atom is -0.493 e. The molecule has 0 unspecified atom stereocenters. The number of halogens is 1. The number of carbonyl (C=O) groups is 1. The summed E-state index contributed by atoms with van der Waals surface area (Å²) in [6.45, 7) is 4.73. The van der Waals surface area contributed by atoms with Gasteiger partial charge < -0.3 is 20.1 Å². The third-order valence-corrected chi connectivity index (χ3v) is 5.11. The summed E-state index contributed by atoms with van der Waals surface area (Å²) >= 11 is 6.20. The van der Waals surface area contributed by atoms with Gasteiger partial charge in [0.15, 0.2) is 11.5 Å². The Hall–Kier alpha value is -3.18. The number of anilines is 2. The summed E-state index contributed by atoms with van der Waals surface area (Å²) in [6.07, 6.45) is 0. The first kappa shape index (κ1) is 22.5. The molecule has 0 heterocycles. The van der Waals surface area contributed by atoms with Gasteiger partial charge in [-0.2, -0.15) is 0 Å². The maximum Gasteiger partial charge on any atom is 0.226 e. The van der Waals surface area contributed by atoms with Crippen LogP contribution in [0, 0.1) is 5.92 Å². The standard InChI is InChI=1S/C25H27ClN2O3/c1-17(2)25(29)28-21-11-9-20(10-12-21)27-15-18-8-13-23(24(14-18)30-3)31-16-19-6-4-5-7-22(19)26/h4-14,17,27H,15-16H2,1-3H3,(H,28,29). The second kappa shape index (κ2) is 10.7. The average Bonchev–Trinajstić information content (AvgIpc) is 2.78. The maximum absolute atomic E-state index is 11.8. The normalized spacial score (nSPS) is 10.6. The van der Waals surface area contributed by atoms with E-state index in [0.29, 0.717) is 29.7 Å². The zero-order valence-electron chi connectivity index (χ0n) is 17.9. The Labute approximate surface area is 188 Å². The van der Waals surface area contributed by atoms with E-state index in [9.17, 15) is 4.79 Å². The monoisotopic (exact) mass is 438 g/mol. The maximum atomic E-state index is 11.8. The third kappa shape index (κ3) is 6.40. The summed E-state index contributed by atoms with van der Waals surface area (Å²) in [4.78, 5) is 11.8. The third-order valence-electron chi connectivity index (χ3n) is 4.74. The van der Waals surface area contributed by atoms with Gasteiger partial charge in [-0.3, -0.25) is 4.79 Å². The van der Waals surface area contributed by atoms with Crippen molar-refractivity contribution in [2.75, 3.05) is 17.7 Å². The number of nitrogens with one attached hydrogen (secondary N) is 2. The highest BCUT2D eigenvalue weighted by atomic mass is 35.5. The Morgan fingerprint density at radius 1 is 0.968 bits per heavy atom. The van der Waals surface area contributed by atoms with Gasteiger partial charge in [-0.25, -0.2) is 0 Å². The second-order valence-electron chi connectivity index (χ2n) is 7.44. The van der Waals surface area contributed by atoms with Crippen LogP contribution in [0.15, 0.2) is 66.7 Å². The van der Waals surface area contributed by atoms with Gasteiger partial charge >= 0.3 is 0 Å². The number of hydrogen-bond acceptors (Lipinski definition) is 4. The highest BCUT2D eigenvalue weighted by Gasteiger charge is 2.09. The molecule has 5 nitrogen and oxygen atoms in total. The molecule has 0 saturated carbocycles. The van der Waals surface area contributed by atoms with E-state index >= 15 is 0 Å². The average molecular weight is 439 g/mol. The minimum atomic E-state index is -0.0515. The molecule has 0 saturated heterocycles. The molecule has 3 rings (SSSR count). The summed E-state index contributed by atoms with van der Waals surface area (Å²) in [5, 5.41) is 6.94. The number of carbonyl (C=O) groups excluding carboxylic acids is 1. The SMILES string of the molecule is COc1cc(CNc2ccc(NC(=O)C(C)C)cc2)ccc1OCc1ccccc1Cl. The molecule has 0 aliphatic rings. The van der Waals surface area contributed by atoms with Crippen LogP contribution in [0.25, 0.3) is 0 Å². The number of amides is 1. The lowest BCUT2D eigenvalue weighted by atomic mass is 10.2. The minimum absolute atomic E-state index is 0.00430. The first-order valence-electron chi connectivity index (χ1n) is 10.1. The van der Waals surface area contributed by atoms with Crippen LogP contribution in [0.1, 0.15) is 25.0 Å². The van der Waals surface area contributed by atoms with E-state index in [1.807, 2.05) is 80.6 Å². The van der Waals surface area contributed by atoms with Crippen molar-refractivity contribution in [2.24, 2.45) is 5.92 Å².